The molecule has 0 spiro atoms. The molecule has 0 heterocycles. The lowest BCUT2D eigenvalue weighted by Crippen LogP contribution is -2.26. The first kappa shape index (κ1) is 26.9. The van der Waals surface area contributed by atoms with Gasteiger partial charge in [0, 0.05) is 0 Å². The SMILES string of the molecule is C=P(c1cccc2cccc3ccc(cc1)cc23)(c1cc2ccccc2c2ccccc12)c1cc2ccccc2c2ccccc12. The number of hydrogen-bond acceptors (Lipinski definition) is 0. The third-order valence-electron chi connectivity index (χ3n) is 9.68. The fourth-order valence-electron chi connectivity index (χ4n) is 7.41. The van der Waals surface area contributed by atoms with Crippen LogP contribution < -0.4 is 15.9 Å². The molecule has 0 atom stereocenters. The molecule has 0 fully saturated rings. The Hall–Kier alpha value is -5.42. The summed E-state index contributed by atoms with van der Waals surface area (Å²) in [6.07, 6.45) is 5.40. The number of hydrogen-bond donors (Lipinski definition) is 0. The molecule has 0 aliphatic rings. The van der Waals surface area contributed by atoms with Gasteiger partial charge < -0.3 is 0 Å². The van der Waals surface area contributed by atoms with E-state index in [1.54, 1.807) is 0 Å². The molecular formula is C45H31P. The van der Waals surface area contributed by atoms with Gasteiger partial charge in [0.25, 0.3) is 0 Å². The predicted octanol–water partition coefficient (Wildman–Crippen LogP) is 10.9. The van der Waals surface area contributed by atoms with Gasteiger partial charge in [0.05, 0.1) is 0 Å². The summed E-state index contributed by atoms with van der Waals surface area (Å²) < 4.78 is 0. The highest BCUT2D eigenvalue weighted by molar-refractivity contribution is 7.94. The lowest BCUT2D eigenvalue weighted by atomic mass is 10.0. The van der Waals surface area contributed by atoms with Gasteiger partial charge in [0.2, 0.25) is 0 Å². The van der Waals surface area contributed by atoms with Gasteiger partial charge in [0.1, 0.15) is 0 Å². The third kappa shape index (κ3) is 4.15. The minimum Gasteiger partial charge on any atom is -0.0886 e. The zero-order chi connectivity index (χ0) is 30.7. The largest absolute Gasteiger partial charge is 0.0886 e. The van der Waals surface area contributed by atoms with Crippen LogP contribution in [0.2, 0.25) is 0 Å². The van der Waals surface area contributed by atoms with Crippen molar-refractivity contribution in [1.82, 2.24) is 0 Å². The van der Waals surface area contributed by atoms with Crippen LogP contribution in [0, 0.1) is 0 Å². The molecule has 0 aliphatic heterocycles. The van der Waals surface area contributed by atoms with Crippen LogP contribution in [0.25, 0.3) is 64.6 Å². The van der Waals surface area contributed by atoms with Gasteiger partial charge >= 0.3 is 0 Å². The van der Waals surface area contributed by atoms with E-state index in [1.807, 2.05) is 0 Å². The van der Waals surface area contributed by atoms with E-state index in [-0.39, 0.29) is 0 Å². The van der Waals surface area contributed by atoms with Gasteiger partial charge in [-0.25, -0.2) is 0 Å². The molecule has 9 aromatic rings. The zero-order valence-corrected chi connectivity index (χ0v) is 26.3. The minimum atomic E-state index is -2.51. The maximum Gasteiger partial charge on any atom is -0.00808 e. The molecule has 2 bridgehead atoms. The molecular weight excluding hydrogens is 571 g/mol. The highest BCUT2D eigenvalue weighted by Gasteiger charge is 2.27. The first-order chi connectivity index (χ1) is 22.7. The maximum atomic E-state index is 5.40. The smallest absolute Gasteiger partial charge is 0.00808 e. The van der Waals surface area contributed by atoms with Crippen LogP contribution in [0.3, 0.4) is 0 Å². The van der Waals surface area contributed by atoms with Crippen molar-refractivity contribution in [3.8, 4) is 0 Å². The van der Waals surface area contributed by atoms with Gasteiger partial charge in [0.15, 0.2) is 0 Å². The van der Waals surface area contributed by atoms with E-state index in [9.17, 15) is 0 Å². The molecule has 0 saturated carbocycles. The monoisotopic (exact) mass is 602 g/mol. The molecule has 9 rings (SSSR count). The third-order valence-corrected chi connectivity index (χ3v) is 13.2. The van der Waals surface area contributed by atoms with Crippen molar-refractivity contribution in [2.75, 3.05) is 0 Å². The van der Waals surface area contributed by atoms with Crippen molar-refractivity contribution in [2.24, 2.45) is 0 Å². The second-order valence-electron chi connectivity index (χ2n) is 12.2. The average Bonchev–Trinajstić information content (AvgIpc) is 3.12. The van der Waals surface area contributed by atoms with Crippen molar-refractivity contribution in [3.63, 3.8) is 0 Å². The Labute approximate surface area is 268 Å². The zero-order valence-electron chi connectivity index (χ0n) is 25.4. The first-order valence-electron chi connectivity index (χ1n) is 15.8. The van der Waals surface area contributed by atoms with Crippen molar-refractivity contribution in [1.29, 1.82) is 0 Å². The van der Waals surface area contributed by atoms with Crippen LogP contribution in [0.5, 0.6) is 0 Å². The molecule has 0 aliphatic carbocycles. The van der Waals surface area contributed by atoms with E-state index in [1.165, 1.54) is 80.5 Å². The molecule has 0 amide bonds. The Morgan fingerprint density at radius 2 is 0.739 bits per heavy atom. The second kappa shape index (κ2) is 10.6. The molecule has 0 saturated heterocycles. The van der Waals surface area contributed by atoms with Gasteiger partial charge in [-0.05, 0) is 106 Å². The summed E-state index contributed by atoms with van der Waals surface area (Å²) >= 11 is 0. The molecule has 1 heteroatoms. The Balaban J connectivity index is 1.48. The van der Waals surface area contributed by atoms with E-state index in [0.29, 0.717) is 0 Å². The van der Waals surface area contributed by atoms with Crippen LogP contribution in [-0.2, 0) is 0 Å². The van der Waals surface area contributed by atoms with Gasteiger partial charge in [-0.2, -0.15) is 0 Å². The lowest BCUT2D eigenvalue weighted by molar-refractivity contribution is 1.77. The van der Waals surface area contributed by atoms with E-state index in [2.05, 4.69) is 176 Å². The topological polar surface area (TPSA) is 0 Å². The molecule has 216 valence electrons. The number of benzene rings is 8. The summed E-state index contributed by atoms with van der Waals surface area (Å²) in [6.45, 7) is -2.51. The van der Waals surface area contributed by atoms with Gasteiger partial charge in [-0.15, -0.1) is 0 Å². The summed E-state index contributed by atoms with van der Waals surface area (Å²) in [5, 5.41) is 18.9. The molecule has 9 aromatic carbocycles. The fourth-order valence-corrected chi connectivity index (χ4v) is 10.8. The van der Waals surface area contributed by atoms with Crippen molar-refractivity contribution in [3.05, 3.63) is 176 Å². The van der Waals surface area contributed by atoms with E-state index in [4.69, 9.17) is 6.30 Å². The number of fused-ring (bicyclic) bond motifs is 7. The average molecular weight is 603 g/mol. The Bertz CT molecular complexity index is 2610. The summed E-state index contributed by atoms with van der Waals surface area (Å²) in [5.41, 5.74) is 0. The normalized spacial score (nSPS) is 12.0. The molecule has 46 heavy (non-hydrogen) atoms. The Morgan fingerprint density at radius 3 is 1.33 bits per heavy atom. The van der Waals surface area contributed by atoms with Crippen LogP contribution in [0.4, 0.5) is 0 Å². The number of rotatable bonds is 3. The van der Waals surface area contributed by atoms with Gasteiger partial charge in [-0.3, -0.25) is 0 Å². The Kier molecular flexibility index (Phi) is 6.20. The van der Waals surface area contributed by atoms with Crippen LogP contribution in [0.1, 0.15) is 0 Å². The highest BCUT2D eigenvalue weighted by Crippen LogP contribution is 2.48. The lowest BCUT2D eigenvalue weighted by Gasteiger charge is -2.30. The standard InChI is InChI=1S/C45H31P/c1-46(44-29-34-12-2-4-18-37(34)39-20-6-8-22-41(39)44,45-30-35-13-3-5-19-38(35)40-21-7-9-23-42(40)45)36-17-11-16-32-14-10-15-33-26-24-31(25-27-36)28-43(32)33/h2-30H,1H2. The van der Waals surface area contributed by atoms with Crippen LogP contribution in [-0.4, -0.2) is 6.30 Å². The van der Waals surface area contributed by atoms with E-state index >= 15 is 0 Å². The van der Waals surface area contributed by atoms with E-state index < -0.39 is 6.89 Å². The first-order valence-corrected chi connectivity index (χ1v) is 17.8. The molecule has 0 N–H and O–H groups in total. The van der Waals surface area contributed by atoms with E-state index in [0.717, 1.165) is 0 Å². The summed E-state index contributed by atoms with van der Waals surface area (Å²) in [5.74, 6) is 0. The summed E-state index contributed by atoms with van der Waals surface area (Å²) in [4.78, 5) is 0. The molecule has 0 unspecified atom stereocenters. The molecule has 0 aromatic heterocycles. The molecule has 0 nitrogen and oxygen atoms in total. The van der Waals surface area contributed by atoms with Crippen LogP contribution >= 0.6 is 6.89 Å². The maximum absolute atomic E-state index is 5.40. The highest BCUT2D eigenvalue weighted by atomic mass is 31.2. The molecule has 0 radical (unpaired) electrons. The van der Waals surface area contributed by atoms with Crippen molar-refractivity contribution in [2.45, 2.75) is 0 Å². The second-order valence-corrected chi connectivity index (χ2v) is 15.3. The quantitative estimate of drug-likeness (QED) is 0.139. The van der Waals surface area contributed by atoms with Crippen molar-refractivity contribution < 1.29 is 0 Å². The van der Waals surface area contributed by atoms with Crippen molar-refractivity contribution >= 4 is 93.7 Å². The fraction of sp³-hybridized carbons (Fsp3) is 0. The summed E-state index contributed by atoms with van der Waals surface area (Å²) in [6, 6.07) is 65.0. The van der Waals surface area contributed by atoms with Gasteiger partial charge in [-0.1, -0.05) is 164 Å². The Morgan fingerprint density at radius 1 is 0.304 bits per heavy atom. The van der Waals surface area contributed by atoms with Crippen LogP contribution in [0.15, 0.2) is 176 Å². The summed E-state index contributed by atoms with van der Waals surface area (Å²) in [7, 11) is 0. The predicted molar refractivity (Wildman–Crippen MR) is 206 cm³/mol. The minimum absolute atomic E-state index is 1.19.